The highest BCUT2D eigenvalue weighted by Crippen LogP contribution is 2.09. The molecule has 0 spiro atoms. The zero-order valence-electron chi connectivity index (χ0n) is 9.27. The molecule has 1 heterocycles. The van der Waals surface area contributed by atoms with Crippen molar-refractivity contribution in [3.8, 4) is 0 Å². The molecular weight excluding hydrogens is 194 g/mol. The molecule has 0 fully saturated rings. The third-order valence-electron chi connectivity index (χ3n) is 2.19. The average Bonchev–Trinajstić information content (AvgIpc) is 2.60. The maximum absolute atomic E-state index is 10.8. The first-order chi connectivity index (χ1) is 7.02. The van der Waals surface area contributed by atoms with Gasteiger partial charge in [0.15, 0.2) is 0 Å². The van der Waals surface area contributed by atoms with Gasteiger partial charge in [-0.1, -0.05) is 13.8 Å². The van der Waals surface area contributed by atoms with E-state index in [1.165, 1.54) is 0 Å². The van der Waals surface area contributed by atoms with Crippen molar-refractivity contribution in [2.24, 2.45) is 0 Å². The van der Waals surface area contributed by atoms with Crippen molar-refractivity contribution in [2.45, 2.75) is 39.4 Å². The molecule has 5 heteroatoms. The van der Waals surface area contributed by atoms with Gasteiger partial charge in [0, 0.05) is 18.4 Å². The molecule has 0 saturated carbocycles. The van der Waals surface area contributed by atoms with Crippen LogP contribution in [0.5, 0.6) is 0 Å². The molecule has 5 nitrogen and oxygen atoms in total. The second-order valence-corrected chi connectivity index (χ2v) is 3.80. The molecule has 0 saturated heterocycles. The molecule has 0 radical (unpaired) electrons. The van der Waals surface area contributed by atoms with Crippen molar-refractivity contribution >= 4 is 5.97 Å². The molecule has 0 aliphatic rings. The zero-order chi connectivity index (χ0) is 11.4. The molecule has 1 aromatic heterocycles. The van der Waals surface area contributed by atoms with E-state index in [0.717, 1.165) is 5.82 Å². The number of carboxylic acid groups (broad SMARTS) is 1. The average molecular weight is 211 g/mol. The van der Waals surface area contributed by atoms with Crippen molar-refractivity contribution in [3.05, 3.63) is 18.2 Å². The number of aliphatic carboxylic acids is 1. The van der Waals surface area contributed by atoms with Crippen molar-refractivity contribution < 1.29 is 9.90 Å². The molecule has 0 aromatic carbocycles. The number of carbonyl (C=O) groups is 1. The predicted octanol–water partition coefficient (Wildman–Crippen LogP) is 1.03. The lowest BCUT2D eigenvalue weighted by atomic mass is 10.3. The van der Waals surface area contributed by atoms with Crippen molar-refractivity contribution in [1.29, 1.82) is 0 Å². The van der Waals surface area contributed by atoms with Crippen molar-refractivity contribution in [3.63, 3.8) is 0 Å². The Kier molecular flexibility index (Phi) is 3.85. The van der Waals surface area contributed by atoms with Gasteiger partial charge in [0.05, 0.1) is 6.54 Å². The molecule has 1 unspecified atom stereocenters. The fourth-order valence-corrected chi connectivity index (χ4v) is 1.25. The zero-order valence-corrected chi connectivity index (χ0v) is 9.27. The molecular formula is C10H17N3O2. The number of imidazole rings is 1. The lowest BCUT2D eigenvalue weighted by Gasteiger charge is -2.13. The maximum atomic E-state index is 10.8. The topological polar surface area (TPSA) is 67.2 Å². The molecule has 1 atom stereocenters. The minimum Gasteiger partial charge on any atom is -0.480 e. The molecule has 1 aromatic rings. The van der Waals surface area contributed by atoms with E-state index in [1.807, 2.05) is 13.8 Å². The fraction of sp³-hybridized carbons (Fsp3) is 0.600. The van der Waals surface area contributed by atoms with Gasteiger partial charge < -0.3 is 15.0 Å². The molecule has 0 bridgehead atoms. The first-order valence-corrected chi connectivity index (χ1v) is 5.00. The minimum atomic E-state index is -0.848. The van der Waals surface area contributed by atoms with Gasteiger partial charge in [-0.05, 0) is 6.92 Å². The quantitative estimate of drug-likeness (QED) is 0.763. The molecule has 15 heavy (non-hydrogen) atoms. The van der Waals surface area contributed by atoms with Crippen molar-refractivity contribution in [2.75, 3.05) is 0 Å². The molecule has 0 aliphatic heterocycles. The number of rotatable bonds is 5. The van der Waals surface area contributed by atoms with Gasteiger partial charge in [-0.15, -0.1) is 0 Å². The van der Waals surface area contributed by atoms with Crippen LogP contribution < -0.4 is 5.32 Å². The minimum absolute atomic E-state index is 0.357. The summed E-state index contributed by atoms with van der Waals surface area (Å²) in [6.07, 6.45) is 3.31. The Morgan fingerprint density at radius 3 is 2.80 bits per heavy atom. The summed E-state index contributed by atoms with van der Waals surface area (Å²) in [4.78, 5) is 14.9. The summed E-state index contributed by atoms with van der Waals surface area (Å²) >= 11 is 0. The first-order valence-electron chi connectivity index (χ1n) is 5.00. The number of hydrogen-bond donors (Lipinski definition) is 2. The second kappa shape index (κ2) is 4.93. The van der Waals surface area contributed by atoms with Crippen LogP contribution in [0.3, 0.4) is 0 Å². The largest absolute Gasteiger partial charge is 0.480 e. The predicted molar refractivity (Wildman–Crippen MR) is 56.5 cm³/mol. The number of nitrogens with zero attached hydrogens (tertiary/aromatic N) is 2. The maximum Gasteiger partial charge on any atom is 0.326 e. The smallest absolute Gasteiger partial charge is 0.326 e. The number of aromatic nitrogens is 2. The normalized spacial score (nSPS) is 13.1. The molecule has 0 aliphatic carbocycles. The van der Waals surface area contributed by atoms with Gasteiger partial charge in [-0.2, -0.15) is 0 Å². The van der Waals surface area contributed by atoms with Gasteiger partial charge in [0.2, 0.25) is 0 Å². The van der Waals surface area contributed by atoms with Crippen LogP contribution in [0.15, 0.2) is 12.4 Å². The van der Waals surface area contributed by atoms with Gasteiger partial charge in [-0.25, -0.2) is 9.78 Å². The highest BCUT2D eigenvalue weighted by atomic mass is 16.4. The summed E-state index contributed by atoms with van der Waals surface area (Å²) in [5, 5.41) is 12.1. The van der Waals surface area contributed by atoms with E-state index in [2.05, 4.69) is 10.3 Å². The molecule has 2 N–H and O–H groups in total. The van der Waals surface area contributed by atoms with Crippen LogP contribution >= 0.6 is 0 Å². The Hall–Kier alpha value is -1.36. The molecule has 1 rings (SSSR count). The highest BCUT2D eigenvalue weighted by Gasteiger charge is 2.15. The number of carboxylic acids is 1. The number of nitrogens with one attached hydrogen (secondary N) is 1. The van der Waals surface area contributed by atoms with E-state index in [9.17, 15) is 4.79 Å². The van der Waals surface area contributed by atoms with E-state index in [1.54, 1.807) is 23.9 Å². The number of hydrogen-bond acceptors (Lipinski definition) is 3. The van der Waals surface area contributed by atoms with E-state index in [-0.39, 0.29) is 0 Å². The van der Waals surface area contributed by atoms with Crippen LogP contribution in [-0.2, 0) is 11.3 Å². The van der Waals surface area contributed by atoms with Crippen molar-refractivity contribution in [1.82, 2.24) is 14.9 Å². The summed E-state index contributed by atoms with van der Waals surface area (Å²) < 4.78 is 1.66. The van der Waals surface area contributed by atoms with Crippen LogP contribution in [0.1, 0.15) is 32.6 Å². The summed E-state index contributed by atoms with van der Waals surface area (Å²) in [6.45, 7) is 6.30. The summed E-state index contributed by atoms with van der Waals surface area (Å²) in [5.74, 6) is -0.0996. The van der Waals surface area contributed by atoms with E-state index < -0.39 is 12.0 Å². The summed E-state index contributed by atoms with van der Waals surface area (Å²) in [5.41, 5.74) is 0. The van der Waals surface area contributed by atoms with E-state index >= 15 is 0 Å². The van der Waals surface area contributed by atoms with Crippen LogP contribution in [-0.4, -0.2) is 26.7 Å². The van der Waals surface area contributed by atoms with Crippen LogP contribution in [0.2, 0.25) is 0 Å². The molecule has 84 valence electrons. The van der Waals surface area contributed by atoms with Gasteiger partial charge >= 0.3 is 5.97 Å². The van der Waals surface area contributed by atoms with Crippen LogP contribution in [0, 0.1) is 0 Å². The second-order valence-electron chi connectivity index (χ2n) is 3.80. The lowest BCUT2D eigenvalue weighted by molar-refractivity contribution is -0.140. The van der Waals surface area contributed by atoms with Gasteiger partial charge in [0.1, 0.15) is 11.9 Å². The lowest BCUT2D eigenvalue weighted by Crippen LogP contribution is -2.26. The van der Waals surface area contributed by atoms with E-state index in [4.69, 9.17) is 5.11 Å². The Labute approximate surface area is 89.1 Å². The highest BCUT2D eigenvalue weighted by molar-refractivity contribution is 5.71. The first kappa shape index (κ1) is 11.7. The van der Waals surface area contributed by atoms with Gasteiger partial charge in [-0.3, -0.25) is 0 Å². The summed E-state index contributed by atoms with van der Waals surface area (Å²) in [6, 6.07) is -0.216. The Morgan fingerprint density at radius 2 is 2.27 bits per heavy atom. The third kappa shape index (κ3) is 3.06. The van der Waals surface area contributed by atoms with Crippen LogP contribution in [0.4, 0.5) is 0 Å². The van der Waals surface area contributed by atoms with Gasteiger partial charge in [0.25, 0.3) is 0 Å². The Balaban J connectivity index is 2.73. The van der Waals surface area contributed by atoms with Crippen LogP contribution in [0.25, 0.3) is 0 Å². The molecule has 0 amide bonds. The summed E-state index contributed by atoms with van der Waals surface area (Å²) in [7, 11) is 0. The standard InChI is InChI=1S/C10H17N3O2/c1-7(2)12-6-9-11-4-5-13(9)8(3)10(14)15/h4-5,7-8,12H,6H2,1-3H3,(H,14,15). The Morgan fingerprint density at radius 1 is 1.60 bits per heavy atom. The van der Waals surface area contributed by atoms with E-state index in [0.29, 0.717) is 12.6 Å². The Bertz CT molecular complexity index is 333. The third-order valence-corrected chi connectivity index (χ3v) is 2.19. The monoisotopic (exact) mass is 211 g/mol. The fourth-order valence-electron chi connectivity index (χ4n) is 1.25. The SMILES string of the molecule is CC(C)NCc1nccn1C(C)C(=O)O.